The molecule has 0 radical (unpaired) electrons. The van der Waals surface area contributed by atoms with Gasteiger partial charge in [0.25, 0.3) is 5.91 Å². The second kappa shape index (κ2) is 9.69. The Morgan fingerprint density at radius 2 is 1.80 bits per heavy atom. The first kappa shape index (κ1) is 22.4. The number of nitrogens with one attached hydrogen (secondary N) is 1. The number of carbonyl (C=O) groups is 2. The Morgan fingerprint density at radius 3 is 2.47 bits per heavy atom. The number of halogens is 1. The number of carbonyl (C=O) groups excluding carboxylic acids is 2. The quantitative estimate of drug-likeness (QED) is 0.616. The molecule has 160 valence electrons. The van der Waals surface area contributed by atoms with Gasteiger partial charge < -0.3 is 14.8 Å². The van der Waals surface area contributed by atoms with Gasteiger partial charge in [0.1, 0.15) is 0 Å². The Morgan fingerprint density at radius 1 is 1.13 bits per heavy atom. The van der Waals surface area contributed by atoms with Gasteiger partial charge in [0.15, 0.2) is 6.61 Å². The SMILES string of the molecule is Cc1ccc(S(=O)(=O)N2CCOCC2)cc1C(=O)OCC(=O)Nc1ccc(Br)cc1. The molecular formula is C20H21BrN2O6S. The molecule has 1 fully saturated rings. The number of ether oxygens (including phenoxy) is 2. The Labute approximate surface area is 183 Å². The molecule has 2 aromatic carbocycles. The highest BCUT2D eigenvalue weighted by Crippen LogP contribution is 2.21. The molecule has 1 amide bonds. The van der Waals surface area contributed by atoms with Crippen molar-refractivity contribution in [3.8, 4) is 0 Å². The van der Waals surface area contributed by atoms with Gasteiger partial charge in [0.2, 0.25) is 10.0 Å². The number of hydrogen-bond donors (Lipinski definition) is 1. The summed E-state index contributed by atoms with van der Waals surface area (Å²) in [5.41, 5.74) is 1.21. The Balaban J connectivity index is 1.67. The zero-order valence-corrected chi connectivity index (χ0v) is 18.7. The lowest BCUT2D eigenvalue weighted by molar-refractivity contribution is -0.119. The second-order valence-corrected chi connectivity index (χ2v) is 9.48. The predicted octanol–water partition coefficient (Wildman–Crippen LogP) is 2.57. The van der Waals surface area contributed by atoms with Crippen molar-refractivity contribution >= 4 is 43.5 Å². The summed E-state index contributed by atoms with van der Waals surface area (Å²) in [6.45, 7) is 2.35. The first-order valence-corrected chi connectivity index (χ1v) is 11.4. The monoisotopic (exact) mass is 496 g/mol. The Bertz CT molecular complexity index is 1030. The molecule has 1 aliphatic rings. The smallest absolute Gasteiger partial charge is 0.338 e. The maximum Gasteiger partial charge on any atom is 0.338 e. The maximum atomic E-state index is 12.8. The second-order valence-electron chi connectivity index (χ2n) is 6.62. The summed E-state index contributed by atoms with van der Waals surface area (Å²) in [5, 5.41) is 2.62. The minimum Gasteiger partial charge on any atom is -0.452 e. The van der Waals surface area contributed by atoms with E-state index in [9.17, 15) is 18.0 Å². The van der Waals surface area contributed by atoms with Crippen LogP contribution in [0.15, 0.2) is 51.8 Å². The van der Waals surface area contributed by atoms with Gasteiger partial charge in [-0.25, -0.2) is 13.2 Å². The molecule has 1 aliphatic heterocycles. The highest BCUT2D eigenvalue weighted by molar-refractivity contribution is 9.10. The third-order valence-corrected chi connectivity index (χ3v) is 6.92. The van der Waals surface area contributed by atoms with Crippen LogP contribution in [-0.4, -0.2) is 57.5 Å². The first-order valence-electron chi connectivity index (χ1n) is 9.18. The number of hydrogen-bond acceptors (Lipinski definition) is 6. The summed E-state index contributed by atoms with van der Waals surface area (Å²) in [6, 6.07) is 11.2. The first-order chi connectivity index (χ1) is 14.3. The molecule has 0 aliphatic carbocycles. The van der Waals surface area contributed by atoms with Crippen molar-refractivity contribution in [2.75, 3.05) is 38.2 Å². The number of amides is 1. The molecule has 1 saturated heterocycles. The number of morpholine rings is 1. The van der Waals surface area contributed by atoms with Gasteiger partial charge in [0.05, 0.1) is 23.7 Å². The zero-order chi connectivity index (χ0) is 21.7. The van der Waals surface area contributed by atoms with Gasteiger partial charge >= 0.3 is 5.97 Å². The highest BCUT2D eigenvalue weighted by Gasteiger charge is 2.27. The van der Waals surface area contributed by atoms with Crippen molar-refractivity contribution in [1.29, 1.82) is 0 Å². The summed E-state index contributed by atoms with van der Waals surface area (Å²) in [6.07, 6.45) is 0. The number of sulfonamides is 1. The van der Waals surface area contributed by atoms with E-state index >= 15 is 0 Å². The largest absolute Gasteiger partial charge is 0.452 e. The lowest BCUT2D eigenvalue weighted by atomic mass is 10.1. The molecule has 1 N–H and O–H groups in total. The summed E-state index contributed by atoms with van der Waals surface area (Å²) in [5.74, 6) is -1.27. The van der Waals surface area contributed by atoms with Crippen LogP contribution in [0, 0.1) is 6.92 Å². The van der Waals surface area contributed by atoms with Crippen LogP contribution in [0.2, 0.25) is 0 Å². The van der Waals surface area contributed by atoms with Crippen molar-refractivity contribution in [3.63, 3.8) is 0 Å². The molecule has 30 heavy (non-hydrogen) atoms. The van der Waals surface area contributed by atoms with Gasteiger partial charge in [-0.05, 0) is 48.9 Å². The Hall–Kier alpha value is -2.27. The fourth-order valence-electron chi connectivity index (χ4n) is 2.86. The minimum absolute atomic E-state index is 0.00117. The molecule has 0 atom stereocenters. The van der Waals surface area contributed by atoms with Crippen molar-refractivity contribution in [2.24, 2.45) is 0 Å². The van der Waals surface area contributed by atoms with Gasteiger partial charge in [-0.1, -0.05) is 22.0 Å². The van der Waals surface area contributed by atoms with Gasteiger partial charge in [-0.3, -0.25) is 4.79 Å². The Kier molecular flexibility index (Phi) is 7.24. The average Bonchev–Trinajstić information content (AvgIpc) is 2.74. The number of nitrogens with zero attached hydrogens (tertiary/aromatic N) is 1. The molecule has 0 aromatic heterocycles. The summed E-state index contributed by atoms with van der Waals surface area (Å²) < 4.78 is 38.1. The average molecular weight is 497 g/mol. The van der Waals surface area contributed by atoms with E-state index in [0.717, 1.165) is 4.47 Å². The molecule has 0 bridgehead atoms. The zero-order valence-electron chi connectivity index (χ0n) is 16.3. The predicted molar refractivity (Wildman–Crippen MR) is 114 cm³/mol. The van der Waals surface area contributed by atoms with Crippen LogP contribution in [-0.2, 0) is 24.3 Å². The maximum absolute atomic E-state index is 12.8. The molecule has 10 heteroatoms. The van der Waals surface area contributed by atoms with E-state index in [4.69, 9.17) is 9.47 Å². The van der Waals surface area contributed by atoms with Gasteiger partial charge in [0, 0.05) is 23.2 Å². The van der Waals surface area contributed by atoms with Crippen molar-refractivity contribution in [1.82, 2.24) is 4.31 Å². The van der Waals surface area contributed by atoms with Crippen LogP contribution in [0.5, 0.6) is 0 Å². The third kappa shape index (κ3) is 5.45. The van der Waals surface area contributed by atoms with Crippen LogP contribution in [0.3, 0.4) is 0 Å². The number of aryl methyl sites for hydroxylation is 1. The van der Waals surface area contributed by atoms with Crippen LogP contribution in [0.4, 0.5) is 5.69 Å². The van der Waals surface area contributed by atoms with Crippen molar-refractivity contribution < 1.29 is 27.5 Å². The summed E-state index contributed by atoms with van der Waals surface area (Å²) in [4.78, 5) is 24.5. The standard InChI is InChI=1S/C20H21BrN2O6S/c1-14-2-7-17(30(26,27)23-8-10-28-11-9-23)12-18(14)20(25)29-13-19(24)22-16-5-3-15(21)4-6-16/h2-7,12H,8-11,13H2,1H3,(H,22,24). The summed E-state index contributed by atoms with van der Waals surface area (Å²) >= 11 is 3.31. The number of anilines is 1. The van der Waals surface area contributed by atoms with E-state index in [1.54, 1.807) is 37.3 Å². The van der Waals surface area contributed by atoms with Gasteiger partial charge in [-0.2, -0.15) is 4.31 Å². The molecule has 0 saturated carbocycles. The lowest BCUT2D eigenvalue weighted by Gasteiger charge is -2.26. The van der Waals surface area contributed by atoms with Crippen molar-refractivity contribution in [2.45, 2.75) is 11.8 Å². The minimum atomic E-state index is -3.75. The molecule has 3 rings (SSSR count). The summed E-state index contributed by atoms with van der Waals surface area (Å²) in [7, 11) is -3.75. The topological polar surface area (TPSA) is 102 Å². The van der Waals surface area contributed by atoms with E-state index < -0.39 is 28.5 Å². The highest BCUT2D eigenvalue weighted by atomic mass is 79.9. The fraction of sp³-hybridized carbons (Fsp3) is 0.300. The number of benzene rings is 2. The van der Waals surface area contributed by atoms with E-state index in [-0.39, 0.29) is 23.5 Å². The molecule has 0 unspecified atom stereocenters. The van der Waals surface area contributed by atoms with Crippen LogP contribution >= 0.6 is 15.9 Å². The normalized spacial score (nSPS) is 14.9. The van der Waals surface area contributed by atoms with Crippen LogP contribution in [0.25, 0.3) is 0 Å². The molecule has 2 aromatic rings. The van der Waals surface area contributed by atoms with Crippen molar-refractivity contribution in [3.05, 3.63) is 58.1 Å². The lowest BCUT2D eigenvalue weighted by Crippen LogP contribution is -2.40. The van der Waals surface area contributed by atoms with E-state index in [0.29, 0.717) is 24.5 Å². The number of esters is 1. The van der Waals surface area contributed by atoms with E-state index in [2.05, 4.69) is 21.2 Å². The molecule has 0 spiro atoms. The van der Waals surface area contributed by atoms with Gasteiger partial charge in [-0.15, -0.1) is 0 Å². The molecule has 8 nitrogen and oxygen atoms in total. The molecule has 1 heterocycles. The molecular weight excluding hydrogens is 476 g/mol. The number of rotatable bonds is 6. The van der Waals surface area contributed by atoms with Crippen LogP contribution < -0.4 is 5.32 Å². The van der Waals surface area contributed by atoms with E-state index in [1.165, 1.54) is 16.4 Å². The van der Waals surface area contributed by atoms with E-state index in [1.807, 2.05) is 0 Å². The third-order valence-electron chi connectivity index (χ3n) is 4.50. The van der Waals surface area contributed by atoms with Crippen LogP contribution in [0.1, 0.15) is 15.9 Å². The fourth-order valence-corrected chi connectivity index (χ4v) is 4.56.